The van der Waals surface area contributed by atoms with Crippen molar-refractivity contribution in [3.8, 4) is 0 Å². The molecule has 0 aromatic rings. The summed E-state index contributed by atoms with van der Waals surface area (Å²) in [6.07, 6.45) is -11.1. The second kappa shape index (κ2) is 15.2. The van der Waals surface area contributed by atoms with Crippen LogP contribution in [-0.4, -0.2) is 88.9 Å². The first kappa shape index (κ1) is 52.3. The topological polar surface area (TPSA) is 0 Å². The molecule has 30 heteroatoms. The monoisotopic (exact) mass is 892 g/mol. The normalized spacial score (nSPS) is 16.3. The molecular formula is C24H21F29S. The van der Waals surface area contributed by atoms with Crippen LogP contribution in [0.1, 0.15) is 57.8 Å². The number of halogens is 29. The van der Waals surface area contributed by atoms with Gasteiger partial charge in [0.1, 0.15) is 0 Å². The van der Waals surface area contributed by atoms with Gasteiger partial charge in [-0.2, -0.15) is 140 Å². The molecule has 0 spiro atoms. The van der Waals surface area contributed by atoms with Crippen LogP contribution in [0.2, 0.25) is 0 Å². The number of unbranched alkanes of at least 4 members (excludes halogenated alkanes) is 7. The zero-order chi connectivity index (χ0) is 44.1. The predicted octanol–water partition coefficient (Wildman–Crippen LogP) is 13.2. The maximum Gasteiger partial charge on any atom is 0.460 e. The van der Waals surface area contributed by atoms with Crippen molar-refractivity contribution in [2.24, 2.45) is 0 Å². The summed E-state index contributed by atoms with van der Waals surface area (Å²) < 4.78 is 394. The van der Waals surface area contributed by atoms with Gasteiger partial charge >= 0.3 is 83.2 Å². The summed E-state index contributed by atoms with van der Waals surface area (Å²) in [6.45, 7) is 0. The minimum absolute atomic E-state index is 0.119. The van der Waals surface area contributed by atoms with Crippen LogP contribution in [0, 0.1) is 0 Å². The summed E-state index contributed by atoms with van der Waals surface area (Å²) in [6, 6.07) is 0. The van der Waals surface area contributed by atoms with Crippen LogP contribution in [0.4, 0.5) is 127 Å². The van der Waals surface area contributed by atoms with E-state index in [0.717, 1.165) is 0 Å². The fourth-order valence-electron chi connectivity index (χ4n) is 4.06. The molecule has 0 aliphatic rings. The quantitative estimate of drug-likeness (QED) is 0.0625. The number of rotatable bonds is 22. The molecule has 54 heavy (non-hydrogen) atoms. The summed E-state index contributed by atoms with van der Waals surface area (Å²) in [5, 5.41) is 0. The lowest BCUT2D eigenvalue weighted by molar-refractivity contribution is -0.487. The standard InChI is InChI=1S/C24H21F29S/c25-11(26,9-7-5-3-1-2-4-6-8-10-54)12(27,28)13(29,30)14(31,32)15(33,34)16(35,36)17(37,38)18(39,40)19(41,42)20(43,44)21(45,46)22(47,48)23(49,50)24(51,52)53/h54H,1-10H2. The molecule has 0 aliphatic carbocycles. The van der Waals surface area contributed by atoms with Gasteiger partial charge in [-0.15, -0.1) is 0 Å². The van der Waals surface area contributed by atoms with Crippen LogP contribution in [0.5, 0.6) is 0 Å². The smallest absolute Gasteiger partial charge is 0.200 e. The Morgan fingerprint density at radius 1 is 0.222 bits per heavy atom. The van der Waals surface area contributed by atoms with Gasteiger partial charge in [0.15, 0.2) is 0 Å². The van der Waals surface area contributed by atoms with Gasteiger partial charge in [0.25, 0.3) is 0 Å². The molecule has 0 radical (unpaired) electrons. The Morgan fingerprint density at radius 2 is 0.407 bits per heavy atom. The molecule has 0 aliphatic heterocycles. The van der Waals surface area contributed by atoms with Crippen LogP contribution in [-0.2, 0) is 0 Å². The third kappa shape index (κ3) is 7.55. The van der Waals surface area contributed by atoms with Gasteiger partial charge in [-0.05, 0) is 18.6 Å². The molecule has 0 unspecified atom stereocenters. The Bertz CT molecular complexity index is 1230. The molecule has 326 valence electrons. The van der Waals surface area contributed by atoms with Gasteiger partial charge in [0.05, 0.1) is 0 Å². The van der Waals surface area contributed by atoms with Gasteiger partial charge in [-0.25, -0.2) is 0 Å². The van der Waals surface area contributed by atoms with Gasteiger partial charge in [-0.1, -0.05) is 38.5 Å². The number of hydrogen-bond acceptors (Lipinski definition) is 1. The summed E-state index contributed by atoms with van der Waals surface area (Å²) >= 11 is 3.87. The van der Waals surface area contributed by atoms with E-state index in [2.05, 4.69) is 12.6 Å². The van der Waals surface area contributed by atoms with Crippen molar-refractivity contribution in [3.05, 3.63) is 0 Å². The third-order valence-corrected chi connectivity index (χ3v) is 7.87. The fraction of sp³-hybridized carbons (Fsp3) is 1.00. The Balaban J connectivity index is 6.93. The van der Waals surface area contributed by atoms with Crippen molar-refractivity contribution < 1.29 is 127 Å². The molecule has 0 nitrogen and oxygen atoms in total. The van der Waals surface area contributed by atoms with Crippen molar-refractivity contribution in [2.75, 3.05) is 5.75 Å². The van der Waals surface area contributed by atoms with Gasteiger partial charge in [-0.3, -0.25) is 0 Å². The zero-order valence-electron chi connectivity index (χ0n) is 25.5. The maximum absolute atomic E-state index is 14.0. The van der Waals surface area contributed by atoms with Crippen molar-refractivity contribution in [1.29, 1.82) is 0 Å². The largest absolute Gasteiger partial charge is 0.460 e. The minimum Gasteiger partial charge on any atom is -0.200 e. The van der Waals surface area contributed by atoms with Crippen molar-refractivity contribution in [2.45, 2.75) is 141 Å². The van der Waals surface area contributed by atoms with E-state index in [4.69, 9.17) is 0 Å². The van der Waals surface area contributed by atoms with Crippen LogP contribution >= 0.6 is 12.6 Å². The molecule has 0 saturated carbocycles. The van der Waals surface area contributed by atoms with Crippen molar-refractivity contribution in [3.63, 3.8) is 0 Å². The average molecular weight is 892 g/mol. The van der Waals surface area contributed by atoms with Crippen LogP contribution < -0.4 is 0 Å². The minimum atomic E-state index is -9.91. The van der Waals surface area contributed by atoms with E-state index in [1.807, 2.05) is 0 Å². The van der Waals surface area contributed by atoms with E-state index in [9.17, 15) is 127 Å². The molecule has 0 N–H and O–H groups in total. The summed E-state index contributed by atoms with van der Waals surface area (Å²) in [4.78, 5) is 0. The zero-order valence-corrected chi connectivity index (χ0v) is 26.4. The lowest BCUT2D eigenvalue weighted by Gasteiger charge is -2.46. The predicted molar refractivity (Wildman–Crippen MR) is 126 cm³/mol. The summed E-state index contributed by atoms with van der Waals surface area (Å²) in [7, 11) is 0. The van der Waals surface area contributed by atoms with E-state index < -0.39 is 102 Å². The lowest BCUT2D eigenvalue weighted by Crippen LogP contribution is -2.79. The van der Waals surface area contributed by atoms with Gasteiger partial charge in [0, 0.05) is 6.42 Å². The molecule has 0 atom stereocenters. The second-order valence-corrected chi connectivity index (χ2v) is 11.8. The highest BCUT2D eigenvalue weighted by Crippen LogP contribution is 2.69. The summed E-state index contributed by atoms with van der Waals surface area (Å²) in [5.41, 5.74) is 0. The molecular weight excluding hydrogens is 871 g/mol. The Morgan fingerprint density at radius 3 is 0.630 bits per heavy atom. The molecule has 0 bridgehead atoms. The molecule has 0 heterocycles. The Hall–Kier alpha value is -1.68. The van der Waals surface area contributed by atoms with E-state index in [0.29, 0.717) is 31.4 Å². The van der Waals surface area contributed by atoms with Crippen LogP contribution in [0.25, 0.3) is 0 Å². The Kier molecular flexibility index (Phi) is 14.8. The SMILES string of the molecule is FC(F)(F)C(F)(F)C(F)(F)C(F)(F)C(F)(F)C(F)(F)C(F)(F)C(F)(F)C(F)(F)C(F)(F)C(F)(F)C(F)(F)C(F)(F)C(F)(F)CCCCCCCCCCS. The third-order valence-electron chi connectivity index (χ3n) is 7.55. The number of hydrogen-bond donors (Lipinski definition) is 1. The molecule has 0 saturated heterocycles. The first-order valence-electron chi connectivity index (χ1n) is 13.9. The average Bonchev–Trinajstić information content (AvgIpc) is 2.98. The molecule has 0 fully saturated rings. The second-order valence-electron chi connectivity index (χ2n) is 11.4. The van der Waals surface area contributed by atoms with Crippen molar-refractivity contribution >= 4 is 12.6 Å². The highest BCUT2D eigenvalue weighted by molar-refractivity contribution is 7.80. The van der Waals surface area contributed by atoms with E-state index in [1.54, 1.807) is 0 Å². The number of alkyl halides is 29. The van der Waals surface area contributed by atoms with Gasteiger partial charge in [0.2, 0.25) is 0 Å². The first-order valence-corrected chi connectivity index (χ1v) is 14.5. The van der Waals surface area contributed by atoms with Crippen LogP contribution in [0.3, 0.4) is 0 Å². The molecule has 0 aromatic heterocycles. The highest BCUT2D eigenvalue weighted by Gasteiger charge is 3.00. The van der Waals surface area contributed by atoms with E-state index >= 15 is 0 Å². The summed E-state index contributed by atoms with van der Waals surface area (Å²) in [5.74, 6) is -119. The lowest BCUT2D eigenvalue weighted by atomic mass is 9.83. The van der Waals surface area contributed by atoms with E-state index in [-0.39, 0.29) is 12.8 Å². The number of thiol groups is 1. The first-order chi connectivity index (χ1) is 23.3. The Labute approximate surface area is 287 Å². The molecule has 0 rings (SSSR count). The maximum atomic E-state index is 14.0. The molecule has 0 aromatic carbocycles. The fourth-order valence-corrected chi connectivity index (χ4v) is 4.28. The molecule has 0 amide bonds. The van der Waals surface area contributed by atoms with E-state index in [1.165, 1.54) is 0 Å². The highest BCUT2D eigenvalue weighted by atomic mass is 32.1. The van der Waals surface area contributed by atoms with Crippen molar-refractivity contribution in [1.82, 2.24) is 0 Å². The van der Waals surface area contributed by atoms with Crippen LogP contribution in [0.15, 0.2) is 0 Å². The van der Waals surface area contributed by atoms with Gasteiger partial charge < -0.3 is 0 Å².